The molecule has 7 nitrogen and oxygen atoms in total. The van der Waals surface area contributed by atoms with Crippen molar-refractivity contribution in [1.82, 2.24) is 5.32 Å². The summed E-state index contributed by atoms with van der Waals surface area (Å²) in [6.07, 6.45) is 0. The number of sulfonamides is 1. The Hall–Kier alpha value is -2.87. The molecule has 3 N–H and O–H groups in total. The maximum absolute atomic E-state index is 13.1. The highest BCUT2D eigenvalue weighted by Crippen LogP contribution is 2.31. The Labute approximate surface area is 146 Å². The number of nitrogens with zero attached hydrogens (tertiary/aromatic N) is 1. The molecule has 25 heavy (non-hydrogen) atoms. The van der Waals surface area contributed by atoms with Crippen molar-refractivity contribution in [3.63, 3.8) is 0 Å². The first-order chi connectivity index (χ1) is 11.8. The molecule has 0 bridgehead atoms. The number of hydrogen-bond acceptors (Lipinski definition) is 4. The molecule has 0 aliphatic rings. The average molecular weight is 361 g/mol. The summed E-state index contributed by atoms with van der Waals surface area (Å²) in [5, 5.41) is 1.29. The van der Waals surface area contributed by atoms with Crippen LogP contribution in [0.3, 0.4) is 0 Å². The molecule has 3 amide bonds. The van der Waals surface area contributed by atoms with Gasteiger partial charge >= 0.3 is 6.03 Å². The minimum absolute atomic E-state index is 0.0602. The molecular weight excluding hydrogens is 342 g/mol. The Morgan fingerprint density at radius 3 is 2.16 bits per heavy atom. The molecule has 0 saturated heterocycles. The van der Waals surface area contributed by atoms with Crippen LogP contribution in [-0.4, -0.2) is 27.4 Å². The SMILES string of the molecule is CNC(=O)N(c1ccccc1C(N)=O)S(=O)(=O)C(C)c1ccccc1. The maximum Gasteiger partial charge on any atom is 0.335 e. The third-order valence-electron chi connectivity index (χ3n) is 3.76. The molecule has 0 spiro atoms. The van der Waals surface area contributed by atoms with Gasteiger partial charge in [-0.15, -0.1) is 0 Å². The summed E-state index contributed by atoms with van der Waals surface area (Å²) in [5.74, 6) is -0.827. The van der Waals surface area contributed by atoms with E-state index in [0.29, 0.717) is 9.87 Å². The summed E-state index contributed by atoms with van der Waals surface area (Å²) in [6.45, 7) is 1.48. The van der Waals surface area contributed by atoms with Crippen molar-refractivity contribution in [2.24, 2.45) is 5.73 Å². The third-order valence-corrected chi connectivity index (χ3v) is 5.79. The first kappa shape index (κ1) is 18.5. The zero-order valence-corrected chi connectivity index (χ0v) is 14.7. The Balaban J connectivity index is 2.63. The number of rotatable bonds is 5. The highest BCUT2D eigenvalue weighted by atomic mass is 32.2. The fourth-order valence-corrected chi connectivity index (χ4v) is 3.95. The Morgan fingerprint density at radius 1 is 1.04 bits per heavy atom. The monoisotopic (exact) mass is 361 g/mol. The van der Waals surface area contributed by atoms with Gasteiger partial charge in [0.15, 0.2) is 0 Å². The predicted molar refractivity (Wildman–Crippen MR) is 95.7 cm³/mol. The standard InChI is InChI=1S/C17H19N3O4S/c1-12(13-8-4-3-5-9-13)25(23,24)20(17(22)19-2)15-11-7-6-10-14(15)16(18)21/h3-12H,1-2H3,(H2,18,21)(H,19,22). The minimum Gasteiger partial charge on any atom is -0.366 e. The normalized spacial score (nSPS) is 12.2. The van der Waals surface area contributed by atoms with Crippen molar-refractivity contribution in [1.29, 1.82) is 0 Å². The first-order valence-electron chi connectivity index (χ1n) is 7.50. The molecule has 8 heteroatoms. The molecule has 0 aliphatic carbocycles. The smallest absolute Gasteiger partial charge is 0.335 e. The van der Waals surface area contributed by atoms with Gasteiger partial charge in [-0.2, -0.15) is 4.31 Å². The number of primary amides is 1. The summed E-state index contributed by atoms with van der Waals surface area (Å²) in [7, 11) is -2.85. The fourth-order valence-electron chi connectivity index (χ4n) is 2.38. The van der Waals surface area contributed by atoms with E-state index < -0.39 is 27.2 Å². The van der Waals surface area contributed by atoms with Gasteiger partial charge in [-0.1, -0.05) is 42.5 Å². The number of hydrogen-bond donors (Lipinski definition) is 2. The molecule has 0 aliphatic heterocycles. The van der Waals surface area contributed by atoms with Gasteiger partial charge in [0.05, 0.1) is 11.3 Å². The molecule has 0 heterocycles. The molecule has 0 fully saturated rings. The number of carbonyl (C=O) groups excluding carboxylic acids is 2. The van der Waals surface area contributed by atoms with Gasteiger partial charge in [-0.05, 0) is 24.6 Å². The van der Waals surface area contributed by atoms with Crippen molar-refractivity contribution in [3.8, 4) is 0 Å². The first-order valence-corrected chi connectivity index (χ1v) is 9.00. The highest BCUT2D eigenvalue weighted by Gasteiger charge is 2.36. The van der Waals surface area contributed by atoms with Crippen LogP contribution >= 0.6 is 0 Å². The summed E-state index contributed by atoms with van der Waals surface area (Å²) in [4.78, 5) is 24.0. The number of benzene rings is 2. The van der Waals surface area contributed by atoms with Crippen LogP contribution in [0.2, 0.25) is 0 Å². The Bertz CT molecular complexity index is 882. The van der Waals surface area contributed by atoms with E-state index in [1.807, 2.05) is 0 Å². The number of para-hydroxylation sites is 1. The van der Waals surface area contributed by atoms with Crippen LogP contribution in [0.25, 0.3) is 0 Å². The second-order valence-corrected chi connectivity index (χ2v) is 7.40. The van der Waals surface area contributed by atoms with Gasteiger partial charge in [0.2, 0.25) is 10.0 Å². The molecule has 1 unspecified atom stereocenters. The molecule has 132 valence electrons. The van der Waals surface area contributed by atoms with Crippen molar-refractivity contribution in [2.75, 3.05) is 11.4 Å². The van der Waals surface area contributed by atoms with E-state index in [4.69, 9.17) is 5.73 Å². The number of urea groups is 1. The van der Waals surface area contributed by atoms with E-state index in [1.165, 1.54) is 32.2 Å². The molecule has 0 aromatic heterocycles. The van der Waals surface area contributed by atoms with Gasteiger partial charge in [0, 0.05) is 7.05 Å². The number of nitrogens with two attached hydrogens (primary N) is 1. The van der Waals surface area contributed by atoms with E-state index in [1.54, 1.807) is 36.4 Å². The van der Waals surface area contributed by atoms with Crippen LogP contribution in [0.15, 0.2) is 54.6 Å². The molecule has 2 aromatic rings. The fraction of sp³-hybridized carbons (Fsp3) is 0.176. The lowest BCUT2D eigenvalue weighted by Crippen LogP contribution is -2.45. The van der Waals surface area contributed by atoms with E-state index >= 15 is 0 Å². The maximum atomic E-state index is 13.1. The van der Waals surface area contributed by atoms with Crippen LogP contribution in [-0.2, 0) is 10.0 Å². The topological polar surface area (TPSA) is 110 Å². The predicted octanol–water partition coefficient (Wildman–Crippen LogP) is 2.02. The van der Waals surface area contributed by atoms with Crippen LogP contribution in [0.5, 0.6) is 0 Å². The van der Waals surface area contributed by atoms with Crippen molar-refractivity contribution >= 4 is 27.6 Å². The van der Waals surface area contributed by atoms with Crippen molar-refractivity contribution in [2.45, 2.75) is 12.2 Å². The molecular formula is C17H19N3O4S. The molecule has 2 aromatic carbocycles. The number of amides is 3. The second kappa shape index (κ2) is 7.35. The van der Waals surface area contributed by atoms with Gasteiger partial charge in [-0.3, -0.25) is 4.79 Å². The van der Waals surface area contributed by atoms with Crippen LogP contribution in [0.4, 0.5) is 10.5 Å². The Kier molecular flexibility index (Phi) is 5.43. The second-order valence-electron chi connectivity index (χ2n) is 5.30. The van der Waals surface area contributed by atoms with Crippen LogP contribution < -0.4 is 15.4 Å². The van der Waals surface area contributed by atoms with Crippen molar-refractivity contribution in [3.05, 3.63) is 65.7 Å². The van der Waals surface area contributed by atoms with E-state index in [9.17, 15) is 18.0 Å². The molecule has 1 atom stereocenters. The van der Waals surface area contributed by atoms with Gasteiger partial charge in [-0.25, -0.2) is 13.2 Å². The molecule has 0 radical (unpaired) electrons. The number of nitrogens with one attached hydrogen (secondary N) is 1. The summed E-state index contributed by atoms with van der Waals surface area (Å²) < 4.78 is 26.8. The Morgan fingerprint density at radius 2 is 1.60 bits per heavy atom. The highest BCUT2D eigenvalue weighted by molar-refractivity contribution is 7.93. The zero-order valence-electron chi connectivity index (χ0n) is 13.8. The van der Waals surface area contributed by atoms with Crippen LogP contribution in [0, 0.1) is 0 Å². The van der Waals surface area contributed by atoms with Gasteiger partial charge in [0.1, 0.15) is 5.25 Å². The quantitative estimate of drug-likeness (QED) is 0.849. The van der Waals surface area contributed by atoms with E-state index in [2.05, 4.69) is 5.32 Å². The summed E-state index contributed by atoms with van der Waals surface area (Å²) >= 11 is 0. The summed E-state index contributed by atoms with van der Waals surface area (Å²) in [5.41, 5.74) is 5.71. The van der Waals surface area contributed by atoms with Gasteiger partial charge < -0.3 is 11.1 Å². The minimum atomic E-state index is -4.16. The third kappa shape index (κ3) is 3.63. The van der Waals surface area contributed by atoms with Crippen molar-refractivity contribution < 1.29 is 18.0 Å². The zero-order chi connectivity index (χ0) is 18.6. The van der Waals surface area contributed by atoms with Gasteiger partial charge in [0.25, 0.3) is 5.91 Å². The van der Waals surface area contributed by atoms with Crippen LogP contribution in [0.1, 0.15) is 28.1 Å². The number of carbonyl (C=O) groups is 2. The largest absolute Gasteiger partial charge is 0.366 e. The average Bonchev–Trinajstić information content (AvgIpc) is 2.61. The molecule has 0 saturated carbocycles. The molecule has 2 rings (SSSR count). The van der Waals surface area contributed by atoms with E-state index in [-0.39, 0.29) is 11.3 Å². The number of anilines is 1. The lowest BCUT2D eigenvalue weighted by Gasteiger charge is -2.27. The summed E-state index contributed by atoms with van der Waals surface area (Å²) in [6, 6.07) is 13.4. The lowest BCUT2D eigenvalue weighted by atomic mass is 10.1. The van der Waals surface area contributed by atoms with E-state index in [0.717, 1.165) is 0 Å². The lowest BCUT2D eigenvalue weighted by molar-refractivity contribution is 0.100.